The normalized spacial score (nSPS) is 12.8. The van der Waals surface area contributed by atoms with Gasteiger partial charge in [-0.2, -0.15) is 0 Å². The molecule has 0 saturated heterocycles. The molecule has 1 aromatic carbocycles. The smallest absolute Gasteiger partial charge is 0.126 e. The van der Waals surface area contributed by atoms with Gasteiger partial charge in [-0.1, -0.05) is 0 Å². The van der Waals surface area contributed by atoms with Crippen LogP contribution in [0.15, 0.2) is 18.2 Å². The van der Waals surface area contributed by atoms with Gasteiger partial charge in [0.1, 0.15) is 11.6 Å². The molecular weight excluding hydrogens is 200 g/mol. The van der Waals surface area contributed by atoms with E-state index < -0.39 is 11.6 Å². The van der Waals surface area contributed by atoms with E-state index in [2.05, 4.69) is 0 Å². The maximum atomic E-state index is 13.2. The van der Waals surface area contributed by atoms with Crippen molar-refractivity contribution in [1.29, 1.82) is 0 Å². The third-order valence-electron chi connectivity index (χ3n) is 2.35. The monoisotopic (exact) mass is 215 g/mol. The number of hydrogen-bond acceptors (Lipinski definition) is 2. The molecule has 1 rings (SSSR count). The van der Waals surface area contributed by atoms with Gasteiger partial charge in [-0.3, -0.25) is 0 Å². The van der Waals surface area contributed by atoms with Gasteiger partial charge < -0.3 is 10.8 Å². The summed E-state index contributed by atoms with van der Waals surface area (Å²) in [5.41, 5.74) is 5.64. The highest BCUT2D eigenvalue weighted by molar-refractivity contribution is 5.19. The average molecular weight is 215 g/mol. The van der Waals surface area contributed by atoms with E-state index in [9.17, 15) is 8.78 Å². The Kier molecular flexibility index (Phi) is 4.65. The van der Waals surface area contributed by atoms with Crippen molar-refractivity contribution < 1.29 is 13.9 Å². The Bertz CT molecular complexity index is 317. The van der Waals surface area contributed by atoms with E-state index in [1.165, 1.54) is 0 Å². The van der Waals surface area contributed by atoms with Crippen LogP contribution in [0.25, 0.3) is 0 Å². The molecular formula is C11H15F2NO. The molecule has 0 spiro atoms. The first-order valence-corrected chi connectivity index (χ1v) is 4.92. The molecule has 0 aliphatic rings. The lowest BCUT2D eigenvalue weighted by Crippen LogP contribution is -2.15. The van der Waals surface area contributed by atoms with Crippen LogP contribution >= 0.6 is 0 Å². The highest BCUT2D eigenvalue weighted by atomic mass is 19.1. The van der Waals surface area contributed by atoms with Crippen LogP contribution in [0.4, 0.5) is 8.78 Å². The fraction of sp³-hybridized carbons (Fsp3) is 0.455. The summed E-state index contributed by atoms with van der Waals surface area (Å²) in [5.74, 6) is -1.01. The van der Waals surface area contributed by atoms with Crippen LogP contribution in [0, 0.1) is 17.6 Å². The fourth-order valence-corrected chi connectivity index (χ4v) is 1.50. The minimum Gasteiger partial charge on any atom is -0.396 e. The van der Waals surface area contributed by atoms with E-state index in [0.29, 0.717) is 24.9 Å². The van der Waals surface area contributed by atoms with Crippen molar-refractivity contribution in [2.24, 2.45) is 11.7 Å². The van der Waals surface area contributed by atoms with Gasteiger partial charge in [0.25, 0.3) is 0 Å². The van der Waals surface area contributed by atoms with Crippen LogP contribution in [-0.2, 0) is 6.42 Å². The topological polar surface area (TPSA) is 46.2 Å². The molecule has 1 unspecified atom stereocenters. The van der Waals surface area contributed by atoms with Gasteiger partial charge in [-0.15, -0.1) is 0 Å². The molecule has 1 aromatic rings. The van der Waals surface area contributed by atoms with Crippen LogP contribution < -0.4 is 5.73 Å². The number of rotatable bonds is 5. The molecule has 0 aliphatic carbocycles. The second-order valence-corrected chi connectivity index (χ2v) is 3.57. The third-order valence-corrected chi connectivity index (χ3v) is 2.35. The summed E-state index contributed by atoms with van der Waals surface area (Å²) in [6, 6.07) is 3.34. The number of benzene rings is 1. The Balaban J connectivity index is 2.73. The average Bonchev–Trinajstić information content (AvgIpc) is 2.22. The number of halogens is 2. The van der Waals surface area contributed by atoms with Crippen molar-refractivity contribution in [3.63, 3.8) is 0 Å². The zero-order chi connectivity index (χ0) is 11.3. The Morgan fingerprint density at radius 2 is 2.07 bits per heavy atom. The molecule has 15 heavy (non-hydrogen) atoms. The van der Waals surface area contributed by atoms with E-state index in [-0.39, 0.29) is 12.5 Å². The molecule has 0 aliphatic heterocycles. The number of aliphatic hydroxyl groups is 1. The van der Waals surface area contributed by atoms with Crippen molar-refractivity contribution >= 4 is 0 Å². The number of hydrogen-bond donors (Lipinski definition) is 2. The predicted octanol–water partition coefficient (Wildman–Crippen LogP) is 1.46. The number of nitrogens with two attached hydrogens (primary N) is 1. The maximum Gasteiger partial charge on any atom is 0.126 e. The third kappa shape index (κ3) is 3.57. The van der Waals surface area contributed by atoms with Crippen molar-refractivity contribution in [2.75, 3.05) is 13.2 Å². The van der Waals surface area contributed by atoms with Crippen LogP contribution in [-0.4, -0.2) is 18.3 Å². The molecule has 0 bridgehead atoms. The standard InChI is InChI=1S/C11H15F2NO/c12-10-1-2-11(13)9(6-10)5-8(7-15)3-4-14/h1-2,6,8,15H,3-5,7,14H2. The Morgan fingerprint density at radius 3 is 2.67 bits per heavy atom. The van der Waals surface area contributed by atoms with E-state index in [1.54, 1.807) is 0 Å². The lowest BCUT2D eigenvalue weighted by atomic mass is 9.96. The first-order valence-electron chi connectivity index (χ1n) is 4.92. The summed E-state index contributed by atoms with van der Waals surface area (Å²) < 4.78 is 26.1. The van der Waals surface area contributed by atoms with Gasteiger partial charge in [0.2, 0.25) is 0 Å². The molecule has 4 heteroatoms. The van der Waals surface area contributed by atoms with Gasteiger partial charge in [0.15, 0.2) is 0 Å². The van der Waals surface area contributed by atoms with Gasteiger partial charge >= 0.3 is 0 Å². The van der Waals surface area contributed by atoms with Crippen LogP contribution in [0.5, 0.6) is 0 Å². The molecule has 0 aromatic heterocycles. The Labute approximate surface area is 87.7 Å². The maximum absolute atomic E-state index is 13.2. The van der Waals surface area contributed by atoms with Crippen LogP contribution in [0.2, 0.25) is 0 Å². The van der Waals surface area contributed by atoms with Gasteiger partial charge in [0.05, 0.1) is 0 Å². The summed E-state index contributed by atoms with van der Waals surface area (Å²) in [5, 5.41) is 9.01. The van der Waals surface area contributed by atoms with E-state index >= 15 is 0 Å². The van der Waals surface area contributed by atoms with E-state index in [1.807, 2.05) is 0 Å². The first-order chi connectivity index (χ1) is 7.17. The Morgan fingerprint density at radius 1 is 1.33 bits per heavy atom. The second-order valence-electron chi connectivity index (χ2n) is 3.57. The molecule has 1 atom stereocenters. The number of aliphatic hydroxyl groups excluding tert-OH is 1. The van der Waals surface area contributed by atoms with Crippen LogP contribution in [0.1, 0.15) is 12.0 Å². The molecule has 0 fully saturated rings. The summed E-state index contributed by atoms with van der Waals surface area (Å²) in [4.78, 5) is 0. The molecule has 0 heterocycles. The molecule has 2 nitrogen and oxygen atoms in total. The van der Waals surface area contributed by atoms with Gasteiger partial charge in [-0.25, -0.2) is 8.78 Å². The predicted molar refractivity (Wildman–Crippen MR) is 54.3 cm³/mol. The summed E-state index contributed by atoms with van der Waals surface area (Å²) in [6.07, 6.45) is 0.920. The van der Waals surface area contributed by atoms with Gasteiger partial charge in [0, 0.05) is 6.61 Å². The highest BCUT2D eigenvalue weighted by Gasteiger charge is 2.11. The van der Waals surface area contributed by atoms with Crippen molar-refractivity contribution in [3.05, 3.63) is 35.4 Å². The highest BCUT2D eigenvalue weighted by Crippen LogP contribution is 2.16. The molecule has 84 valence electrons. The fourth-order valence-electron chi connectivity index (χ4n) is 1.50. The quantitative estimate of drug-likeness (QED) is 0.781. The molecule has 0 radical (unpaired) electrons. The molecule has 3 N–H and O–H groups in total. The van der Waals surface area contributed by atoms with E-state index in [4.69, 9.17) is 10.8 Å². The molecule has 0 saturated carbocycles. The van der Waals surface area contributed by atoms with Crippen molar-refractivity contribution in [3.8, 4) is 0 Å². The van der Waals surface area contributed by atoms with Gasteiger partial charge in [-0.05, 0) is 49.1 Å². The SMILES string of the molecule is NCCC(CO)Cc1cc(F)ccc1F. The summed E-state index contributed by atoms with van der Waals surface area (Å²) in [6.45, 7) is 0.370. The molecule has 0 amide bonds. The van der Waals surface area contributed by atoms with E-state index in [0.717, 1.165) is 18.2 Å². The zero-order valence-electron chi connectivity index (χ0n) is 8.42. The Hall–Kier alpha value is -1.00. The minimum atomic E-state index is -0.462. The van der Waals surface area contributed by atoms with Crippen LogP contribution in [0.3, 0.4) is 0 Å². The largest absolute Gasteiger partial charge is 0.396 e. The zero-order valence-corrected chi connectivity index (χ0v) is 8.42. The lowest BCUT2D eigenvalue weighted by Gasteiger charge is -2.13. The lowest BCUT2D eigenvalue weighted by molar-refractivity contribution is 0.218. The summed E-state index contributed by atoms with van der Waals surface area (Å²) in [7, 11) is 0. The minimum absolute atomic E-state index is 0.0623. The first kappa shape index (κ1) is 12.1. The van der Waals surface area contributed by atoms with Crippen molar-refractivity contribution in [1.82, 2.24) is 0 Å². The summed E-state index contributed by atoms with van der Waals surface area (Å²) >= 11 is 0. The van der Waals surface area contributed by atoms with Crippen molar-refractivity contribution in [2.45, 2.75) is 12.8 Å². The second kappa shape index (κ2) is 5.78.